The minimum atomic E-state index is -0.469. The fraction of sp³-hybridized carbons (Fsp3) is 0.391. The van der Waals surface area contributed by atoms with Gasteiger partial charge < -0.3 is 10.2 Å². The van der Waals surface area contributed by atoms with Crippen LogP contribution in [0.3, 0.4) is 0 Å². The number of carbonyl (C=O) groups excluding carboxylic acids is 2. The molecular formula is C23H27N3O4S. The Morgan fingerprint density at radius 2 is 1.84 bits per heavy atom. The molecule has 8 heteroatoms. The number of nitro groups is 1. The Morgan fingerprint density at radius 3 is 2.55 bits per heavy atom. The van der Waals surface area contributed by atoms with Gasteiger partial charge in [-0.3, -0.25) is 19.7 Å². The third-order valence-corrected chi connectivity index (χ3v) is 6.81. The molecule has 1 N–H and O–H groups in total. The highest BCUT2D eigenvalue weighted by atomic mass is 32.2. The number of thioether (sulfide) groups is 1. The average molecular weight is 442 g/mol. The Kier molecular flexibility index (Phi) is 7.68. The number of carbonyl (C=O) groups is 2. The van der Waals surface area contributed by atoms with Crippen molar-refractivity contribution in [1.82, 2.24) is 4.90 Å². The standard InChI is InChI=1S/C23H27N3O4S/c1-16-19(12-8-13-20(16)26(29)30)24-23(28)18-11-6-7-14-21(18)31-15-22(27)25(2)17-9-4-3-5-10-17/h6-8,11-14,17H,3-5,9-10,15H2,1-2H3,(H,24,28). The first-order valence-corrected chi connectivity index (χ1v) is 11.4. The van der Waals surface area contributed by atoms with Crippen molar-refractivity contribution in [3.05, 3.63) is 63.7 Å². The fourth-order valence-corrected chi connectivity index (χ4v) is 4.81. The maximum Gasteiger partial charge on any atom is 0.274 e. The maximum atomic E-state index is 12.9. The number of hydrogen-bond donors (Lipinski definition) is 1. The SMILES string of the molecule is Cc1c(NC(=O)c2ccccc2SCC(=O)N(C)C2CCCCC2)cccc1[N+](=O)[O-]. The van der Waals surface area contributed by atoms with Crippen molar-refractivity contribution in [2.45, 2.75) is 50.0 Å². The summed E-state index contributed by atoms with van der Waals surface area (Å²) in [5, 5.41) is 13.9. The van der Waals surface area contributed by atoms with Crippen LogP contribution >= 0.6 is 11.8 Å². The topological polar surface area (TPSA) is 92.6 Å². The third-order valence-electron chi connectivity index (χ3n) is 5.75. The number of nitrogens with zero attached hydrogens (tertiary/aromatic N) is 2. The molecule has 0 unspecified atom stereocenters. The average Bonchev–Trinajstić information content (AvgIpc) is 2.78. The first-order valence-electron chi connectivity index (χ1n) is 10.4. The van der Waals surface area contributed by atoms with Gasteiger partial charge in [-0.05, 0) is 38.0 Å². The van der Waals surface area contributed by atoms with Gasteiger partial charge in [-0.2, -0.15) is 0 Å². The third kappa shape index (κ3) is 5.64. The summed E-state index contributed by atoms with van der Waals surface area (Å²) in [7, 11) is 1.86. The summed E-state index contributed by atoms with van der Waals surface area (Å²) in [5.41, 5.74) is 1.19. The first kappa shape index (κ1) is 22.8. The van der Waals surface area contributed by atoms with Gasteiger partial charge in [0.15, 0.2) is 0 Å². The lowest BCUT2D eigenvalue weighted by atomic mass is 9.94. The summed E-state index contributed by atoms with van der Waals surface area (Å²) in [6.45, 7) is 1.61. The number of amides is 2. The summed E-state index contributed by atoms with van der Waals surface area (Å²) >= 11 is 1.34. The molecule has 2 aromatic carbocycles. The summed E-state index contributed by atoms with van der Waals surface area (Å²) in [4.78, 5) is 38.8. The number of nitrogens with one attached hydrogen (secondary N) is 1. The zero-order valence-corrected chi connectivity index (χ0v) is 18.6. The van der Waals surface area contributed by atoms with Crippen LogP contribution in [0.5, 0.6) is 0 Å². The predicted molar refractivity (Wildman–Crippen MR) is 123 cm³/mol. The number of anilines is 1. The lowest BCUT2D eigenvalue weighted by Gasteiger charge is -2.31. The van der Waals surface area contributed by atoms with Crippen LogP contribution in [0.1, 0.15) is 48.0 Å². The van der Waals surface area contributed by atoms with Gasteiger partial charge in [0.1, 0.15) is 0 Å². The van der Waals surface area contributed by atoms with E-state index >= 15 is 0 Å². The molecule has 1 aliphatic carbocycles. The van der Waals surface area contributed by atoms with E-state index in [-0.39, 0.29) is 23.3 Å². The minimum absolute atomic E-state index is 0.0446. The van der Waals surface area contributed by atoms with Crippen LogP contribution < -0.4 is 5.32 Å². The van der Waals surface area contributed by atoms with Crippen molar-refractivity contribution in [2.75, 3.05) is 18.1 Å². The normalized spacial score (nSPS) is 14.1. The molecule has 7 nitrogen and oxygen atoms in total. The molecule has 0 aliphatic heterocycles. The van der Waals surface area contributed by atoms with E-state index in [0.717, 1.165) is 25.7 Å². The van der Waals surface area contributed by atoms with E-state index in [0.29, 0.717) is 27.8 Å². The smallest absolute Gasteiger partial charge is 0.274 e. The number of nitro benzene ring substituents is 1. The molecule has 0 heterocycles. The Balaban J connectivity index is 1.69. The highest BCUT2D eigenvalue weighted by Crippen LogP contribution is 2.28. The van der Waals surface area contributed by atoms with E-state index in [2.05, 4.69) is 5.32 Å². The summed E-state index contributed by atoms with van der Waals surface area (Å²) in [5.74, 6) is -0.0472. The van der Waals surface area contributed by atoms with Crippen molar-refractivity contribution < 1.29 is 14.5 Å². The molecule has 2 aromatic rings. The lowest BCUT2D eigenvalue weighted by Crippen LogP contribution is -2.39. The van der Waals surface area contributed by atoms with E-state index < -0.39 is 4.92 Å². The second-order valence-corrected chi connectivity index (χ2v) is 8.76. The molecular weight excluding hydrogens is 414 g/mol. The van der Waals surface area contributed by atoms with Gasteiger partial charge in [0.2, 0.25) is 5.91 Å². The van der Waals surface area contributed by atoms with E-state index in [1.807, 2.05) is 24.1 Å². The molecule has 0 aromatic heterocycles. The van der Waals surface area contributed by atoms with Gasteiger partial charge in [0, 0.05) is 24.1 Å². The Hall–Kier alpha value is -2.87. The van der Waals surface area contributed by atoms with Gasteiger partial charge in [0.25, 0.3) is 11.6 Å². The molecule has 2 amide bonds. The van der Waals surface area contributed by atoms with Crippen molar-refractivity contribution in [3.63, 3.8) is 0 Å². The lowest BCUT2D eigenvalue weighted by molar-refractivity contribution is -0.385. The van der Waals surface area contributed by atoms with Gasteiger partial charge >= 0.3 is 0 Å². The molecule has 31 heavy (non-hydrogen) atoms. The zero-order chi connectivity index (χ0) is 22.4. The van der Waals surface area contributed by atoms with Crippen molar-refractivity contribution in [2.24, 2.45) is 0 Å². The number of hydrogen-bond acceptors (Lipinski definition) is 5. The van der Waals surface area contributed by atoms with Crippen molar-refractivity contribution in [1.29, 1.82) is 0 Å². The van der Waals surface area contributed by atoms with Gasteiger partial charge in [-0.15, -0.1) is 11.8 Å². The fourth-order valence-electron chi connectivity index (χ4n) is 3.84. The van der Waals surface area contributed by atoms with Gasteiger partial charge in [-0.25, -0.2) is 0 Å². The summed E-state index contributed by atoms with van der Waals surface area (Å²) < 4.78 is 0. The number of benzene rings is 2. The van der Waals surface area contributed by atoms with Crippen LogP contribution in [0, 0.1) is 17.0 Å². The quantitative estimate of drug-likeness (QED) is 0.369. The van der Waals surface area contributed by atoms with Gasteiger partial charge in [0.05, 0.1) is 27.5 Å². The molecule has 1 aliphatic rings. The molecule has 0 radical (unpaired) electrons. The summed E-state index contributed by atoms with van der Waals surface area (Å²) in [6, 6.07) is 12.0. The largest absolute Gasteiger partial charge is 0.342 e. The van der Waals surface area contributed by atoms with Crippen LogP contribution in [0.15, 0.2) is 47.4 Å². The Bertz CT molecular complexity index is 973. The Labute approximate surface area is 186 Å². The Morgan fingerprint density at radius 1 is 1.13 bits per heavy atom. The monoisotopic (exact) mass is 441 g/mol. The molecule has 1 saturated carbocycles. The molecule has 3 rings (SSSR count). The van der Waals surface area contributed by atoms with Crippen molar-refractivity contribution in [3.8, 4) is 0 Å². The molecule has 0 spiro atoms. The van der Waals surface area contributed by atoms with E-state index in [1.54, 1.807) is 31.2 Å². The maximum absolute atomic E-state index is 12.9. The summed E-state index contributed by atoms with van der Waals surface area (Å²) in [6.07, 6.45) is 5.66. The van der Waals surface area contributed by atoms with Crippen LogP contribution in [0.4, 0.5) is 11.4 Å². The first-order chi connectivity index (χ1) is 14.9. The van der Waals surface area contributed by atoms with Crippen LogP contribution in [-0.2, 0) is 4.79 Å². The van der Waals surface area contributed by atoms with Crippen molar-refractivity contribution >= 4 is 35.0 Å². The second-order valence-electron chi connectivity index (χ2n) is 7.74. The van der Waals surface area contributed by atoms with E-state index in [9.17, 15) is 19.7 Å². The highest BCUT2D eigenvalue weighted by Gasteiger charge is 2.23. The molecule has 0 atom stereocenters. The van der Waals surface area contributed by atoms with Gasteiger partial charge in [-0.1, -0.05) is 37.5 Å². The van der Waals surface area contributed by atoms with Crippen LogP contribution in [-0.4, -0.2) is 40.5 Å². The molecule has 0 saturated heterocycles. The molecule has 1 fully saturated rings. The van der Waals surface area contributed by atoms with Crippen LogP contribution in [0.25, 0.3) is 0 Å². The minimum Gasteiger partial charge on any atom is -0.342 e. The molecule has 0 bridgehead atoms. The highest BCUT2D eigenvalue weighted by molar-refractivity contribution is 8.00. The van der Waals surface area contributed by atoms with Crippen LogP contribution in [0.2, 0.25) is 0 Å². The van der Waals surface area contributed by atoms with E-state index in [4.69, 9.17) is 0 Å². The predicted octanol–water partition coefficient (Wildman–Crippen LogP) is 5.04. The number of rotatable bonds is 7. The second kappa shape index (κ2) is 10.4. The zero-order valence-electron chi connectivity index (χ0n) is 17.8. The molecule has 164 valence electrons. The van der Waals surface area contributed by atoms with E-state index in [1.165, 1.54) is 24.2 Å².